The largest absolute Gasteiger partial charge is 0.497 e. The fourth-order valence-electron chi connectivity index (χ4n) is 3.01. The highest BCUT2D eigenvalue weighted by Crippen LogP contribution is 2.31. The third-order valence-electron chi connectivity index (χ3n) is 4.40. The van der Waals surface area contributed by atoms with Crippen molar-refractivity contribution < 1.29 is 14.2 Å². The van der Waals surface area contributed by atoms with E-state index in [0.717, 1.165) is 41.5 Å². The molecule has 0 aliphatic rings. The van der Waals surface area contributed by atoms with Gasteiger partial charge in [-0.15, -0.1) is 0 Å². The Morgan fingerprint density at radius 2 is 1.59 bits per heavy atom. The molecule has 2 aromatic carbocycles. The molecule has 3 rings (SSSR count). The predicted molar refractivity (Wildman–Crippen MR) is 115 cm³/mol. The van der Waals surface area contributed by atoms with Crippen LogP contribution in [0, 0.1) is 6.92 Å². The fraction of sp³-hybridized carbons (Fsp3) is 0.273. The van der Waals surface area contributed by atoms with Gasteiger partial charge in [-0.3, -0.25) is 0 Å². The summed E-state index contributed by atoms with van der Waals surface area (Å²) >= 11 is 0. The first-order valence-electron chi connectivity index (χ1n) is 9.33. The second-order valence-electron chi connectivity index (χ2n) is 6.37. The first-order valence-corrected chi connectivity index (χ1v) is 9.33. The van der Waals surface area contributed by atoms with Gasteiger partial charge >= 0.3 is 0 Å². The van der Waals surface area contributed by atoms with Crippen molar-refractivity contribution in [3.8, 4) is 17.2 Å². The van der Waals surface area contributed by atoms with Crippen LogP contribution in [0.4, 0.5) is 17.3 Å². The van der Waals surface area contributed by atoms with Crippen LogP contribution in [-0.2, 0) is 6.42 Å². The lowest BCUT2D eigenvalue weighted by molar-refractivity contribution is 0.405. The summed E-state index contributed by atoms with van der Waals surface area (Å²) in [7, 11) is 4.94. The van der Waals surface area contributed by atoms with E-state index in [2.05, 4.69) is 26.7 Å². The van der Waals surface area contributed by atoms with E-state index in [1.54, 1.807) is 21.3 Å². The molecule has 0 bridgehead atoms. The van der Waals surface area contributed by atoms with Crippen LogP contribution in [0.3, 0.4) is 0 Å². The first kappa shape index (κ1) is 20.3. The van der Waals surface area contributed by atoms with Crippen LogP contribution in [0.1, 0.15) is 11.4 Å². The minimum atomic E-state index is 0.664. The Morgan fingerprint density at radius 1 is 0.828 bits per heavy atom. The average Bonchev–Trinajstić information content (AvgIpc) is 2.73. The first-order chi connectivity index (χ1) is 14.1. The summed E-state index contributed by atoms with van der Waals surface area (Å²) in [6, 6.07) is 15.4. The van der Waals surface area contributed by atoms with E-state index < -0.39 is 0 Å². The monoisotopic (exact) mass is 394 g/mol. The molecule has 0 radical (unpaired) electrons. The number of hydrogen-bond donors (Lipinski definition) is 2. The van der Waals surface area contributed by atoms with Gasteiger partial charge in [0, 0.05) is 18.7 Å². The fourth-order valence-corrected chi connectivity index (χ4v) is 3.01. The molecule has 0 atom stereocenters. The summed E-state index contributed by atoms with van der Waals surface area (Å²) in [5.41, 5.74) is 1.91. The molecule has 1 heterocycles. The number of hydrogen-bond acceptors (Lipinski definition) is 7. The number of nitrogens with one attached hydrogen (secondary N) is 2. The van der Waals surface area contributed by atoms with E-state index in [0.29, 0.717) is 17.4 Å². The molecule has 0 aliphatic carbocycles. The van der Waals surface area contributed by atoms with Gasteiger partial charge in [0.25, 0.3) is 0 Å². The van der Waals surface area contributed by atoms with Crippen LogP contribution < -0.4 is 24.8 Å². The van der Waals surface area contributed by atoms with Crippen LogP contribution >= 0.6 is 0 Å². The summed E-state index contributed by atoms with van der Waals surface area (Å²) in [5.74, 6) is 4.40. The van der Waals surface area contributed by atoms with E-state index >= 15 is 0 Å². The summed E-state index contributed by atoms with van der Waals surface area (Å²) in [6.45, 7) is 2.58. The van der Waals surface area contributed by atoms with Gasteiger partial charge in [-0.05, 0) is 37.1 Å². The Bertz CT molecular complexity index is 963. The molecule has 29 heavy (non-hydrogen) atoms. The van der Waals surface area contributed by atoms with Crippen molar-refractivity contribution >= 4 is 17.3 Å². The third-order valence-corrected chi connectivity index (χ3v) is 4.40. The van der Waals surface area contributed by atoms with Crippen LogP contribution in [-0.4, -0.2) is 37.8 Å². The Labute approximate surface area is 171 Å². The standard InChI is InChI=1S/C22H26N4O3/c1-15-24-21(23-12-11-16-7-5-6-8-19(16)28-3)14-22(25-15)26-18-13-17(27-2)9-10-20(18)29-4/h5-10,13-14H,11-12H2,1-4H3,(H2,23,24,25,26). The summed E-state index contributed by atoms with van der Waals surface area (Å²) in [5, 5.41) is 6.65. The van der Waals surface area contributed by atoms with E-state index in [4.69, 9.17) is 14.2 Å². The summed E-state index contributed by atoms with van der Waals surface area (Å²) in [4.78, 5) is 8.95. The molecule has 152 valence electrons. The Kier molecular flexibility index (Phi) is 6.73. The van der Waals surface area contributed by atoms with E-state index in [1.807, 2.05) is 49.4 Å². The number of rotatable bonds is 9. The number of aryl methyl sites for hydroxylation is 1. The molecule has 7 heteroatoms. The van der Waals surface area contributed by atoms with Crippen molar-refractivity contribution in [2.24, 2.45) is 0 Å². The van der Waals surface area contributed by atoms with Crippen LogP contribution in [0.2, 0.25) is 0 Å². The molecular formula is C22H26N4O3. The van der Waals surface area contributed by atoms with Gasteiger partial charge in [0.05, 0.1) is 27.0 Å². The second-order valence-corrected chi connectivity index (χ2v) is 6.37. The smallest absolute Gasteiger partial charge is 0.142 e. The summed E-state index contributed by atoms with van der Waals surface area (Å²) < 4.78 is 16.1. The quantitative estimate of drug-likeness (QED) is 0.563. The van der Waals surface area contributed by atoms with Gasteiger partial charge in [-0.2, -0.15) is 0 Å². The molecule has 3 aromatic rings. The number of aromatic nitrogens is 2. The van der Waals surface area contributed by atoms with Crippen molar-refractivity contribution in [2.75, 3.05) is 38.5 Å². The van der Waals surface area contributed by atoms with Gasteiger partial charge in [0.2, 0.25) is 0 Å². The Morgan fingerprint density at radius 3 is 2.34 bits per heavy atom. The van der Waals surface area contributed by atoms with Gasteiger partial charge in [0.1, 0.15) is 34.7 Å². The highest BCUT2D eigenvalue weighted by atomic mass is 16.5. The van der Waals surface area contributed by atoms with Crippen molar-refractivity contribution in [3.63, 3.8) is 0 Å². The van der Waals surface area contributed by atoms with E-state index in [9.17, 15) is 0 Å². The molecule has 0 saturated heterocycles. The third kappa shape index (κ3) is 5.28. The molecule has 1 aromatic heterocycles. The van der Waals surface area contributed by atoms with Crippen molar-refractivity contribution in [1.82, 2.24) is 9.97 Å². The van der Waals surface area contributed by atoms with Crippen LogP contribution in [0.25, 0.3) is 0 Å². The zero-order valence-corrected chi connectivity index (χ0v) is 17.2. The number of nitrogens with zero attached hydrogens (tertiary/aromatic N) is 2. The SMILES string of the molecule is COc1ccc(OC)c(Nc2cc(NCCc3ccccc3OC)nc(C)n2)c1. The van der Waals surface area contributed by atoms with Gasteiger partial charge in [-0.1, -0.05) is 18.2 Å². The minimum absolute atomic E-state index is 0.664. The Balaban J connectivity index is 1.72. The van der Waals surface area contributed by atoms with Crippen molar-refractivity contribution in [1.29, 1.82) is 0 Å². The molecular weight excluding hydrogens is 368 g/mol. The lowest BCUT2D eigenvalue weighted by Gasteiger charge is -2.14. The molecule has 2 N–H and O–H groups in total. The maximum atomic E-state index is 5.42. The van der Waals surface area contributed by atoms with Gasteiger partial charge in [-0.25, -0.2) is 9.97 Å². The zero-order chi connectivity index (χ0) is 20.6. The lowest BCUT2D eigenvalue weighted by atomic mass is 10.1. The number of benzene rings is 2. The van der Waals surface area contributed by atoms with Gasteiger partial charge in [0.15, 0.2) is 0 Å². The molecule has 0 saturated carbocycles. The molecule has 0 fully saturated rings. The van der Waals surface area contributed by atoms with E-state index in [-0.39, 0.29) is 0 Å². The minimum Gasteiger partial charge on any atom is -0.497 e. The zero-order valence-electron chi connectivity index (χ0n) is 17.2. The maximum absolute atomic E-state index is 5.42. The average molecular weight is 394 g/mol. The molecule has 0 spiro atoms. The van der Waals surface area contributed by atoms with Crippen molar-refractivity contribution in [3.05, 3.63) is 59.9 Å². The lowest BCUT2D eigenvalue weighted by Crippen LogP contribution is -2.09. The van der Waals surface area contributed by atoms with Crippen molar-refractivity contribution in [2.45, 2.75) is 13.3 Å². The molecule has 0 unspecified atom stereocenters. The molecule has 7 nitrogen and oxygen atoms in total. The highest BCUT2D eigenvalue weighted by molar-refractivity contribution is 5.67. The topological polar surface area (TPSA) is 77.5 Å². The molecule has 0 aliphatic heterocycles. The van der Waals surface area contributed by atoms with Crippen LogP contribution in [0.5, 0.6) is 17.2 Å². The normalized spacial score (nSPS) is 10.3. The number of anilines is 3. The second kappa shape index (κ2) is 9.64. The number of para-hydroxylation sites is 1. The van der Waals surface area contributed by atoms with Crippen LogP contribution in [0.15, 0.2) is 48.5 Å². The highest BCUT2D eigenvalue weighted by Gasteiger charge is 2.09. The molecule has 0 amide bonds. The van der Waals surface area contributed by atoms with Gasteiger partial charge < -0.3 is 24.8 Å². The summed E-state index contributed by atoms with van der Waals surface area (Å²) in [6.07, 6.45) is 0.819. The Hall–Kier alpha value is -3.48. The number of ether oxygens (including phenoxy) is 3. The predicted octanol–water partition coefficient (Wildman–Crippen LogP) is 4.21. The number of methoxy groups -OCH3 is 3. The van der Waals surface area contributed by atoms with E-state index in [1.165, 1.54) is 0 Å². The maximum Gasteiger partial charge on any atom is 0.142 e.